The van der Waals surface area contributed by atoms with E-state index in [1.54, 1.807) is 6.07 Å². The van der Waals surface area contributed by atoms with Gasteiger partial charge in [-0.15, -0.1) is 0 Å². The Bertz CT molecular complexity index is 268. The van der Waals surface area contributed by atoms with Crippen LogP contribution in [0.2, 0.25) is 15.1 Å². The molecule has 0 unspecified atom stereocenters. The minimum atomic E-state index is 0.524. The highest BCUT2D eigenvalue weighted by molar-refractivity contribution is 6.43. The number of aryl methyl sites for hydroxylation is 1. The molecule has 0 radical (unpaired) electrons. The van der Waals surface area contributed by atoms with Gasteiger partial charge in [0.15, 0.2) is 0 Å². The molecule has 0 saturated heterocycles. The van der Waals surface area contributed by atoms with Gasteiger partial charge < -0.3 is 0 Å². The van der Waals surface area contributed by atoms with Gasteiger partial charge in [0.1, 0.15) is 0 Å². The highest BCUT2D eigenvalue weighted by Gasteiger charge is 2.04. The number of halogens is 3. The lowest BCUT2D eigenvalue weighted by Crippen LogP contribution is -1.82. The fourth-order valence-corrected chi connectivity index (χ4v) is 1.64. The molecule has 3 heteroatoms. The molecule has 0 nitrogen and oxygen atoms in total. The molecular formula is C8H7Cl3. The Morgan fingerprint density at radius 3 is 2.36 bits per heavy atom. The van der Waals surface area contributed by atoms with Crippen molar-refractivity contribution in [2.24, 2.45) is 0 Å². The van der Waals surface area contributed by atoms with Crippen LogP contribution in [0, 0.1) is 0 Å². The highest BCUT2D eigenvalue weighted by atomic mass is 35.5. The topological polar surface area (TPSA) is 0 Å². The summed E-state index contributed by atoms with van der Waals surface area (Å²) in [6.45, 7) is 2.01. The predicted octanol–water partition coefficient (Wildman–Crippen LogP) is 4.21. The molecule has 0 heterocycles. The van der Waals surface area contributed by atoms with E-state index in [0.29, 0.717) is 15.1 Å². The van der Waals surface area contributed by atoms with Crippen LogP contribution in [0.4, 0.5) is 0 Å². The Labute approximate surface area is 81.1 Å². The number of hydrogen-bond donors (Lipinski definition) is 0. The molecule has 1 aromatic rings. The lowest BCUT2D eigenvalue weighted by molar-refractivity contribution is 1.14. The van der Waals surface area contributed by atoms with Gasteiger partial charge >= 0.3 is 0 Å². The van der Waals surface area contributed by atoms with Crippen molar-refractivity contribution in [1.82, 2.24) is 0 Å². The van der Waals surface area contributed by atoms with Crippen molar-refractivity contribution >= 4 is 34.8 Å². The van der Waals surface area contributed by atoms with Crippen LogP contribution in [-0.4, -0.2) is 0 Å². The van der Waals surface area contributed by atoms with E-state index in [0.717, 1.165) is 12.0 Å². The van der Waals surface area contributed by atoms with E-state index in [2.05, 4.69) is 0 Å². The number of hydrogen-bond acceptors (Lipinski definition) is 0. The van der Waals surface area contributed by atoms with Crippen molar-refractivity contribution in [1.29, 1.82) is 0 Å². The maximum atomic E-state index is 5.87. The van der Waals surface area contributed by atoms with E-state index in [1.807, 2.05) is 13.0 Å². The summed E-state index contributed by atoms with van der Waals surface area (Å²) in [5, 5.41) is 1.77. The van der Waals surface area contributed by atoms with E-state index < -0.39 is 0 Å². The molecular weight excluding hydrogens is 202 g/mol. The Kier molecular flexibility index (Phi) is 3.06. The van der Waals surface area contributed by atoms with Crippen molar-refractivity contribution in [3.05, 3.63) is 32.8 Å². The average molecular weight is 210 g/mol. The van der Waals surface area contributed by atoms with E-state index in [4.69, 9.17) is 34.8 Å². The second kappa shape index (κ2) is 3.66. The fourth-order valence-electron chi connectivity index (χ4n) is 0.867. The maximum absolute atomic E-state index is 5.87. The maximum Gasteiger partial charge on any atom is 0.0625 e. The zero-order valence-corrected chi connectivity index (χ0v) is 8.26. The predicted molar refractivity (Wildman–Crippen MR) is 50.9 cm³/mol. The van der Waals surface area contributed by atoms with Crippen molar-refractivity contribution in [3.8, 4) is 0 Å². The summed E-state index contributed by atoms with van der Waals surface area (Å²) >= 11 is 17.4. The molecule has 11 heavy (non-hydrogen) atoms. The molecule has 1 aromatic carbocycles. The van der Waals surface area contributed by atoms with Crippen molar-refractivity contribution in [2.45, 2.75) is 13.3 Å². The highest BCUT2D eigenvalue weighted by Crippen LogP contribution is 2.29. The van der Waals surface area contributed by atoms with Crippen molar-refractivity contribution < 1.29 is 0 Å². The molecule has 0 aliphatic rings. The molecule has 60 valence electrons. The molecule has 0 amide bonds. The summed E-state index contributed by atoms with van der Waals surface area (Å²) in [6.07, 6.45) is 0.846. The van der Waals surface area contributed by atoms with E-state index in [9.17, 15) is 0 Å². The Morgan fingerprint density at radius 1 is 1.18 bits per heavy atom. The summed E-state index contributed by atoms with van der Waals surface area (Å²) in [7, 11) is 0. The number of rotatable bonds is 1. The molecule has 1 rings (SSSR count). The first-order valence-electron chi connectivity index (χ1n) is 3.28. The van der Waals surface area contributed by atoms with Gasteiger partial charge in [0.05, 0.1) is 10.0 Å². The third-order valence-electron chi connectivity index (χ3n) is 1.45. The van der Waals surface area contributed by atoms with Crippen LogP contribution in [-0.2, 0) is 6.42 Å². The quantitative estimate of drug-likeness (QED) is 0.608. The minimum Gasteiger partial charge on any atom is -0.0843 e. The van der Waals surface area contributed by atoms with Gasteiger partial charge in [-0.1, -0.05) is 41.7 Å². The summed E-state index contributed by atoms with van der Waals surface area (Å²) in [4.78, 5) is 0. The normalized spacial score (nSPS) is 10.2. The van der Waals surface area contributed by atoms with Crippen LogP contribution >= 0.6 is 34.8 Å². The van der Waals surface area contributed by atoms with Crippen molar-refractivity contribution in [3.63, 3.8) is 0 Å². The molecule has 0 aromatic heterocycles. The lowest BCUT2D eigenvalue weighted by atomic mass is 10.2. The zero-order valence-electron chi connectivity index (χ0n) is 6.00. The van der Waals surface area contributed by atoms with Gasteiger partial charge in [-0.2, -0.15) is 0 Å². The Morgan fingerprint density at radius 2 is 1.82 bits per heavy atom. The Hall–Kier alpha value is 0.0900. The summed E-state index contributed by atoms with van der Waals surface area (Å²) in [5.41, 5.74) is 0.990. The van der Waals surface area contributed by atoms with E-state index >= 15 is 0 Å². The second-order valence-electron chi connectivity index (χ2n) is 2.21. The van der Waals surface area contributed by atoms with Gasteiger partial charge in [-0.25, -0.2) is 0 Å². The largest absolute Gasteiger partial charge is 0.0843 e. The second-order valence-corrected chi connectivity index (χ2v) is 3.44. The zero-order chi connectivity index (χ0) is 8.43. The monoisotopic (exact) mass is 208 g/mol. The molecule has 0 spiro atoms. The van der Waals surface area contributed by atoms with Gasteiger partial charge in [0.2, 0.25) is 0 Å². The number of benzene rings is 1. The van der Waals surface area contributed by atoms with E-state index in [-0.39, 0.29) is 0 Å². The third kappa shape index (κ3) is 2.02. The van der Waals surface area contributed by atoms with Gasteiger partial charge in [0.25, 0.3) is 0 Å². The minimum absolute atomic E-state index is 0.524. The van der Waals surface area contributed by atoms with Gasteiger partial charge in [-0.3, -0.25) is 0 Å². The molecule has 0 atom stereocenters. The first kappa shape index (κ1) is 9.18. The molecule has 0 fully saturated rings. The molecule has 0 aliphatic carbocycles. The Balaban J connectivity index is 3.24. The standard InChI is InChI=1S/C8H7Cl3/c1-2-5-3-6(9)4-7(10)8(5)11/h3-4H,2H2,1H3. The van der Waals surface area contributed by atoms with Gasteiger partial charge in [0, 0.05) is 5.02 Å². The smallest absolute Gasteiger partial charge is 0.0625 e. The fraction of sp³-hybridized carbons (Fsp3) is 0.250. The molecule has 0 aliphatic heterocycles. The average Bonchev–Trinajstić information content (AvgIpc) is 1.96. The summed E-state index contributed by atoms with van der Waals surface area (Å²) < 4.78 is 0. The first-order chi connectivity index (χ1) is 5.15. The lowest BCUT2D eigenvalue weighted by Gasteiger charge is -2.02. The summed E-state index contributed by atoms with van der Waals surface area (Å²) in [6, 6.07) is 3.47. The first-order valence-corrected chi connectivity index (χ1v) is 4.42. The summed E-state index contributed by atoms with van der Waals surface area (Å²) in [5.74, 6) is 0. The van der Waals surface area contributed by atoms with Crippen LogP contribution in [0.5, 0.6) is 0 Å². The van der Waals surface area contributed by atoms with Crippen LogP contribution < -0.4 is 0 Å². The van der Waals surface area contributed by atoms with Gasteiger partial charge in [-0.05, 0) is 24.1 Å². The molecule has 0 saturated carbocycles. The van der Waals surface area contributed by atoms with Crippen LogP contribution in [0.25, 0.3) is 0 Å². The van der Waals surface area contributed by atoms with Crippen LogP contribution in [0.3, 0.4) is 0 Å². The van der Waals surface area contributed by atoms with Crippen LogP contribution in [0.1, 0.15) is 12.5 Å². The molecule has 0 bridgehead atoms. The van der Waals surface area contributed by atoms with Crippen LogP contribution in [0.15, 0.2) is 12.1 Å². The molecule has 0 N–H and O–H groups in total. The third-order valence-corrected chi connectivity index (χ3v) is 2.51. The SMILES string of the molecule is CCc1cc(Cl)cc(Cl)c1Cl. The van der Waals surface area contributed by atoms with Crippen molar-refractivity contribution in [2.75, 3.05) is 0 Å². The van der Waals surface area contributed by atoms with E-state index in [1.165, 1.54) is 0 Å².